The number of thiophene rings is 1. The summed E-state index contributed by atoms with van der Waals surface area (Å²) in [5.74, 6) is -0.213. The summed E-state index contributed by atoms with van der Waals surface area (Å²) in [6, 6.07) is 1.77. The molecule has 1 rings (SSSR count). The first kappa shape index (κ1) is 16.2. The Balaban J connectivity index is 2.78. The van der Waals surface area contributed by atoms with Crippen molar-refractivity contribution in [1.29, 1.82) is 0 Å². The summed E-state index contributed by atoms with van der Waals surface area (Å²) in [5.41, 5.74) is 0.599. The molecular weight excluding hydrogens is 330 g/mol. The Kier molecular flexibility index (Phi) is 6.51. The topological polar surface area (TPSA) is 46.6 Å². The molecule has 0 spiro atoms. The van der Waals surface area contributed by atoms with Crippen LogP contribution in [0.2, 0.25) is 0 Å². The van der Waals surface area contributed by atoms with Crippen molar-refractivity contribution in [3.63, 3.8) is 0 Å². The molecule has 0 saturated carbocycles. The Morgan fingerprint density at radius 1 is 1.47 bits per heavy atom. The number of halogens is 1. The van der Waals surface area contributed by atoms with Crippen molar-refractivity contribution in [2.75, 3.05) is 19.7 Å². The predicted octanol–water partition coefficient (Wildman–Crippen LogP) is 3.17. The summed E-state index contributed by atoms with van der Waals surface area (Å²) in [5, 5.41) is 1.78. The molecule has 1 aromatic rings. The molecular formula is C13H18BrNO3S. The summed E-state index contributed by atoms with van der Waals surface area (Å²) in [7, 11) is 0. The third kappa shape index (κ3) is 5.32. The molecule has 1 heterocycles. The standard InChI is InChI=1S/C13H18BrNO3S/c1-4-18-12(16)7-15(6-9(2)3)13(17)10-5-11(14)19-8-10/h5,8-9H,4,6-7H2,1-3H3. The summed E-state index contributed by atoms with van der Waals surface area (Å²) < 4.78 is 5.81. The van der Waals surface area contributed by atoms with Crippen molar-refractivity contribution in [3.8, 4) is 0 Å². The van der Waals surface area contributed by atoms with Gasteiger partial charge in [0.2, 0.25) is 0 Å². The van der Waals surface area contributed by atoms with Crippen LogP contribution in [0.25, 0.3) is 0 Å². The molecule has 0 saturated heterocycles. The Morgan fingerprint density at radius 3 is 2.63 bits per heavy atom. The fourth-order valence-electron chi connectivity index (χ4n) is 1.63. The number of carbonyl (C=O) groups excluding carboxylic acids is 2. The molecule has 0 aliphatic rings. The monoisotopic (exact) mass is 347 g/mol. The average Bonchev–Trinajstić information content (AvgIpc) is 2.73. The highest BCUT2D eigenvalue weighted by Crippen LogP contribution is 2.22. The zero-order valence-electron chi connectivity index (χ0n) is 11.3. The number of rotatable bonds is 6. The molecule has 0 radical (unpaired) electrons. The highest BCUT2D eigenvalue weighted by Gasteiger charge is 2.21. The number of esters is 1. The predicted molar refractivity (Wildman–Crippen MR) is 79.4 cm³/mol. The van der Waals surface area contributed by atoms with E-state index in [2.05, 4.69) is 15.9 Å². The summed E-state index contributed by atoms with van der Waals surface area (Å²) >= 11 is 4.78. The molecule has 0 aliphatic heterocycles. The molecule has 0 N–H and O–H groups in total. The maximum atomic E-state index is 12.3. The van der Waals surface area contributed by atoms with Crippen molar-refractivity contribution in [3.05, 3.63) is 20.8 Å². The van der Waals surface area contributed by atoms with Gasteiger partial charge < -0.3 is 9.64 Å². The summed E-state index contributed by atoms with van der Waals surface area (Å²) in [4.78, 5) is 25.4. The van der Waals surface area contributed by atoms with E-state index in [0.29, 0.717) is 24.6 Å². The van der Waals surface area contributed by atoms with Crippen LogP contribution in [-0.4, -0.2) is 36.5 Å². The van der Waals surface area contributed by atoms with Crippen LogP contribution in [0.3, 0.4) is 0 Å². The lowest BCUT2D eigenvalue weighted by Gasteiger charge is -2.23. The van der Waals surface area contributed by atoms with E-state index in [1.807, 2.05) is 13.8 Å². The van der Waals surface area contributed by atoms with E-state index in [9.17, 15) is 9.59 Å². The number of ether oxygens (including phenoxy) is 1. The Bertz CT molecular complexity index is 445. The van der Waals surface area contributed by atoms with Crippen LogP contribution >= 0.6 is 27.3 Å². The second-order valence-corrected chi connectivity index (χ2v) is 6.81. The average molecular weight is 348 g/mol. The van der Waals surface area contributed by atoms with E-state index in [4.69, 9.17) is 4.74 Å². The van der Waals surface area contributed by atoms with Gasteiger partial charge in [-0.1, -0.05) is 13.8 Å². The maximum absolute atomic E-state index is 12.3. The first-order chi connectivity index (χ1) is 8.93. The van der Waals surface area contributed by atoms with Crippen molar-refractivity contribution in [2.24, 2.45) is 5.92 Å². The molecule has 106 valence electrons. The van der Waals surface area contributed by atoms with Gasteiger partial charge in [0.15, 0.2) is 0 Å². The Morgan fingerprint density at radius 2 is 2.16 bits per heavy atom. The number of carbonyl (C=O) groups is 2. The molecule has 0 fully saturated rings. The van der Waals surface area contributed by atoms with Crippen LogP contribution in [0, 0.1) is 5.92 Å². The van der Waals surface area contributed by atoms with Crippen molar-refractivity contribution < 1.29 is 14.3 Å². The van der Waals surface area contributed by atoms with Gasteiger partial charge in [-0.25, -0.2) is 0 Å². The van der Waals surface area contributed by atoms with Crippen LogP contribution in [0.1, 0.15) is 31.1 Å². The Labute approximate surface area is 125 Å². The first-order valence-electron chi connectivity index (χ1n) is 6.13. The quantitative estimate of drug-likeness (QED) is 0.742. The van der Waals surface area contributed by atoms with E-state index in [-0.39, 0.29) is 18.4 Å². The largest absolute Gasteiger partial charge is 0.465 e. The fourth-order valence-corrected chi connectivity index (χ4v) is 2.76. The van der Waals surface area contributed by atoms with E-state index in [1.54, 1.807) is 18.4 Å². The first-order valence-corrected chi connectivity index (χ1v) is 7.80. The second kappa shape index (κ2) is 7.65. The second-order valence-electron chi connectivity index (χ2n) is 4.52. The lowest BCUT2D eigenvalue weighted by molar-refractivity contribution is -0.143. The van der Waals surface area contributed by atoms with Gasteiger partial charge in [-0.3, -0.25) is 9.59 Å². The zero-order chi connectivity index (χ0) is 14.4. The van der Waals surface area contributed by atoms with E-state index < -0.39 is 0 Å². The van der Waals surface area contributed by atoms with Crippen molar-refractivity contribution in [2.45, 2.75) is 20.8 Å². The molecule has 0 unspecified atom stereocenters. The van der Waals surface area contributed by atoms with Gasteiger partial charge >= 0.3 is 5.97 Å². The molecule has 1 aromatic heterocycles. The SMILES string of the molecule is CCOC(=O)CN(CC(C)C)C(=O)c1csc(Br)c1. The molecule has 19 heavy (non-hydrogen) atoms. The highest BCUT2D eigenvalue weighted by atomic mass is 79.9. The molecule has 1 amide bonds. The van der Waals surface area contributed by atoms with Gasteiger partial charge in [-0.2, -0.15) is 0 Å². The molecule has 0 aromatic carbocycles. The number of hydrogen-bond donors (Lipinski definition) is 0. The maximum Gasteiger partial charge on any atom is 0.325 e. The van der Waals surface area contributed by atoms with Gasteiger partial charge in [-0.15, -0.1) is 11.3 Å². The minimum atomic E-state index is -0.370. The highest BCUT2D eigenvalue weighted by molar-refractivity contribution is 9.11. The van der Waals surface area contributed by atoms with Crippen LogP contribution in [0.5, 0.6) is 0 Å². The van der Waals surface area contributed by atoms with E-state index in [0.717, 1.165) is 3.79 Å². The summed E-state index contributed by atoms with van der Waals surface area (Å²) in [6.45, 7) is 6.63. The smallest absolute Gasteiger partial charge is 0.325 e. The third-order valence-corrected chi connectivity index (χ3v) is 3.82. The summed E-state index contributed by atoms with van der Waals surface area (Å²) in [6.07, 6.45) is 0. The van der Waals surface area contributed by atoms with Crippen LogP contribution in [0.4, 0.5) is 0 Å². The lowest BCUT2D eigenvalue weighted by Crippen LogP contribution is -2.38. The van der Waals surface area contributed by atoms with E-state index in [1.165, 1.54) is 16.2 Å². The minimum absolute atomic E-state index is 0.00167. The van der Waals surface area contributed by atoms with Gasteiger partial charge in [-0.05, 0) is 34.8 Å². The van der Waals surface area contributed by atoms with Gasteiger partial charge in [0, 0.05) is 11.9 Å². The number of nitrogens with zero attached hydrogens (tertiary/aromatic N) is 1. The fraction of sp³-hybridized carbons (Fsp3) is 0.538. The molecule has 0 aliphatic carbocycles. The molecule has 6 heteroatoms. The van der Waals surface area contributed by atoms with Crippen LogP contribution in [-0.2, 0) is 9.53 Å². The Hall–Kier alpha value is -0.880. The lowest BCUT2D eigenvalue weighted by atomic mass is 10.2. The van der Waals surface area contributed by atoms with Gasteiger partial charge in [0.25, 0.3) is 5.91 Å². The third-order valence-electron chi connectivity index (χ3n) is 2.31. The van der Waals surface area contributed by atoms with Crippen molar-refractivity contribution in [1.82, 2.24) is 4.90 Å². The molecule has 4 nitrogen and oxygen atoms in total. The normalized spacial score (nSPS) is 10.6. The minimum Gasteiger partial charge on any atom is -0.465 e. The zero-order valence-corrected chi connectivity index (χ0v) is 13.7. The van der Waals surface area contributed by atoms with Crippen LogP contribution in [0.15, 0.2) is 15.2 Å². The number of amides is 1. The van der Waals surface area contributed by atoms with Gasteiger partial charge in [0.1, 0.15) is 6.54 Å². The van der Waals surface area contributed by atoms with E-state index >= 15 is 0 Å². The number of hydrogen-bond acceptors (Lipinski definition) is 4. The van der Waals surface area contributed by atoms with Gasteiger partial charge in [0.05, 0.1) is 16.0 Å². The van der Waals surface area contributed by atoms with Crippen LogP contribution < -0.4 is 0 Å². The molecule has 0 atom stereocenters. The van der Waals surface area contributed by atoms with Crippen molar-refractivity contribution >= 4 is 39.1 Å². The molecule has 0 bridgehead atoms.